The van der Waals surface area contributed by atoms with Crippen LogP contribution in [-0.2, 0) is 4.79 Å². The molecule has 0 bridgehead atoms. The van der Waals surface area contributed by atoms with Gasteiger partial charge in [0.25, 0.3) is 5.91 Å². The Morgan fingerprint density at radius 3 is 2.91 bits per heavy atom. The summed E-state index contributed by atoms with van der Waals surface area (Å²) in [5.41, 5.74) is 1.17. The summed E-state index contributed by atoms with van der Waals surface area (Å²) in [6.45, 7) is -0.0762. The Bertz CT molecular complexity index is 723. The summed E-state index contributed by atoms with van der Waals surface area (Å²) in [6.07, 6.45) is 0.912. The third kappa shape index (κ3) is 4.14. The summed E-state index contributed by atoms with van der Waals surface area (Å²) in [5, 5.41) is 3.95. The van der Waals surface area contributed by atoms with Gasteiger partial charge in [-0.25, -0.2) is 0 Å². The van der Waals surface area contributed by atoms with Crippen LogP contribution in [0.1, 0.15) is 18.0 Å². The van der Waals surface area contributed by atoms with Gasteiger partial charge in [0.15, 0.2) is 6.61 Å². The van der Waals surface area contributed by atoms with Gasteiger partial charge in [0, 0.05) is 15.7 Å². The lowest BCUT2D eigenvalue weighted by Gasteiger charge is -2.25. The Kier molecular flexibility index (Phi) is 5.36. The number of halogens is 2. The molecule has 1 amide bonds. The highest BCUT2D eigenvalue weighted by Crippen LogP contribution is 2.35. The zero-order valence-corrected chi connectivity index (χ0v) is 14.5. The largest absolute Gasteiger partial charge is 0.482 e. The molecule has 1 heterocycles. The van der Waals surface area contributed by atoms with Crippen LogP contribution in [-0.4, -0.2) is 18.3 Å². The van der Waals surface area contributed by atoms with E-state index < -0.39 is 0 Å². The fraction of sp³-hybridized carbons (Fsp3) is 0.235. The number of carbonyl (C=O) groups is 1. The number of carbonyl (C=O) groups excluding carboxylic acids is 1. The third-order valence-electron chi connectivity index (χ3n) is 3.55. The molecule has 1 aliphatic rings. The molecular weight excluding hydrogens is 353 g/mol. The molecule has 23 heavy (non-hydrogen) atoms. The Morgan fingerprint density at radius 1 is 1.26 bits per heavy atom. The number of hydrogen-bond donors (Lipinski definition) is 1. The van der Waals surface area contributed by atoms with Crippen molar-refractivity contribution < 1.29 is 9.53 Å². The maximum absolute atomic E-state index is 12.2. The predicted octanol–water partition coefficient (Wildman–Crippen LogP) is 4.73. The average molecular weight is 368 g/mol. The fourth-order valence-electron chi connectivity index (χ4n) is 2.46. The number of hydrogen-bond acceptors (Lipinski definition) is 3. The molecule has 6 heteroatoms. The van der Waals surface area contributed by atoms with Gasteiger partial charge in [-0.15, -0.1) is 11.8 Å². The van der Waals surface area contributed by atoms with E-state index in [1.165, 1.54) is 10.5 Å². The van der Waals surface area contributed by atoms with Crippen LogP contribution in [0.2, 0.25) is 10.0 Å². The van der Waals surface area contributed by atoms with E-state index in [9.17, 15) is 4.79 Å². The van der Waals surface area contributed by atoms with Gasteiger partial charge in [-0.2, -0.15) is 0 Å². The molecule has 2 aromatic carbocycles. The minimum atomic E-state index is -0.164. The standard InChI is InChI=1S/C17H15Cl2NO2S/c18-11-5-6-15(13(19)9-11)22-10-17(21)20-14-7-8-23-16-4-2-1-3-12(14)16/h1-6,9,14H,7-8,10H2,(H,20,21). The quantitative estimate of drug-likeness (QED) is 0.848. The molecule has 0 aromatic heterocycles. The molecule has 3 nitrogen and oxygen atoms in total. The molecule has 0 saturated heterocycles. The number of fused-ring (bicyclic) bond motifs is 1. The molecule has 0 spiro atoms. The Hall–Kier alpha value is -1.36. The molecule has 1 aliphatic heterocycles. The van der Waals surface area contributed by atoms with Crippen LogP contribution >= 0.6 is 35.0 Å². The Labute approximate surface area is 149 Å². The normalized spacial score (nSPS) is 16.5. The van der Waals surface area contributed by atoms with E-state index in [1.54, 1.807) is 18.2 Å². The van der Waals surface area contributed by atoms with E-state index in [2.05, 4.69) is 17.4 Å². The van der Waals surface area contributed by atoms with Gasteiger partial charge in [0.2, 0.25) is 0 Å². The van der Waals surface area contributed by atoms with E-state index in [0.29, 0.717) is 15.8 Å². The fourth-order valence-corrected chi connectivity index (χ4v) is 4.05. The lowest BCUT2D eigenvalue weighted by molar-refractivity contribution is -0.123. The van der Waals surface area contributed by atoms with Crippen molar-refractivity contribution in [3.63, 3.8) is 0 Å². The number of amides is 1. The SMILES string of the molecule is O=C(COc1ccc(Cl)cc1Cl)NC1CCSc2ccccc21. The van der Waals surface area contributed by atoms with Crippen LogP contribution in [0, 0.1) is 0 Å². The van der Waals surface area contributed by atoms with E-state index in [1.807, 2.05) is 23.9 Å². The van der Waals surface area contributed by atoms with Crippen molar-refractivity contribution in [2.75, 3.05) is 12.4 Å². The van der Waals surface area contributed by atoms with Gasteiger partial charge in [-0.3, -0.25) is 4.79 Å². The molecule has 3 rings (SSSR count). The number of rotatable bonds is 4. The van der Waals surface area contributed by atoms with Crippen molar-refractivity contribution in [1.29, 1.82) is 0 Å². The van der Waals surface area contributed by atoms with Gasteiger partial charge in [-0.05, 0) is 36.2 Å². The first-order chi connectivity index (χ1) is 11.1. The zero-order valence-electron chi connectivity index (χ0n) is 12.2. The molecule has 0 saturated carbocycles. The summed E-state index contributed by atoms with van der Waals surface area (Å²) in [5.74, 6) is 1.28. The van der Waals surface area contributed by atoms with E-state index >= 15 is 0 Å². The lowest BCUT2D eigenvalue weighted by atomic mass is 10.0. The smallest absolute Gasteiger partial charge is 0.258 e. The maximum atomic E-state index is 12.2. The summed E-state index contributed by atoms with van der Waals surface area (Å²) in [7, 11) is 0. The van der Waals surface area contributed by atoms with Gasteiger partial charge >= 0.3 is 0 Å². The molecular formula is C17H15Cl2NO2S. The number of benzene rings is 2. The monoisotopic (exact) mass is 367 g/mol. The van der Waals surface area contributed by atoms with Crippen LogP contribution in [0.15, 0.2) is 47.4 Å². The average Bonchev–Trinajstić information content (AvgIpc) is 2.54. The van der Waals surface area contributed by atoms with Crippen LogP contribution in [0.5, 0.6) is 5.75 Å². The molecule has 1 N–H and O–H groups in total. The minimum absolute atomic E-state index is 0.0317. The van der Waals surface area contributed by atoms with E-state index in [4.69, 9.17) is 27.9 Å². The summed E-state index contributed by atoms with van der Waals surface area (Å²) < 4.78 is 5.48. The first-order valence-corrected chi connectivity index (χ1v) is 8.96. The highest BCUT2D eigenvalue weighted by atomic mass is 35.5. The Balaban J connectivity index is 1.60. The van der Waals surface area contributed by atoms with Crippen molar-refractivity contribution >= 4 is 40.9 Å². The van der Waals surface area contributed by atoms with Crippen molar-refractivity contribution in [2.45, 2.75) is 17.4 Å². The van der Waals surface area contributed by atoms with E-state index in [0.717, 1.165) is 12.2 Å². The topological polar surface area (TPSA) is 38.3 Å². The second-order valence-corrected chi connectivity index (χ2v) is 7.14. The van der Waals surface area contributed by atoms with Crippen LogP contribution in [0.25, 0.3) is 0 Å². The highest BCUT2D eigenvalue weighted by Gasteiger charge is 2.22. The van der Waals surface area contributed by atoms with Crippen molar-refractivity contribution in [3.05, 3.63) is 58.1 Å². The van der Waals surface area contributed by atoms with Crippen LogP contribution < -0.4 is 10.1 Å². The van der Waals surface area contributed by atoms with Gasteiger partial charge in [0.05, 0.1) is 11.1 Å². The highest BCUT2D eigenvalue weighted by molar-refractivity contribution is 7.99. The maximum Gasteiger partial charge on any atom is 0.258 e. The lowest BCUT2D eigenvalue weighted by Crippen LogP contribution is -2.34. The molecule has 2 aromatic rings. The first kappa shape index (κ1) is 16.5. The molecule has 120 valence electrons. The van der Waals surface area contributed by atoms with Crippen LogP contribution in [0.4, 0.5) is 0 Å². The molecule has 1 unspecified atom stereocenters. The molecule has 1 atom stereocenters. The predicted molar refractivity (Wildman–Crippen MR) is 94.6 cm³/mol. The minimum Gasteiger partial charge on any atom is -0.482 e. The zero-order chi connectivity index (χ0) is 16.2. The second-order valence-electron chi connectivity index (χ2n) is 5.16. The molecule has 0 fully saturated rings. The Morgan fingerprint density at radius 2 is 2.09 bits per heavy atom. The van der Waals surface area contributed by atoms with Gasteiger partial charge in [-0.1, -0.05) is 41.4 Å². The molecule has 0 aliphatic carbocycles. The third-order valence-corrected chi connectivity index (χ3v) is 5.20. The number of nitrogens with one attached hydrogen (secondary N) is 1. The van der Waals surface area contributed by atoms with Crippen LogP contribution in [0.3, 0.4) is 0 Å². The number of ether oxygens (including phenoxy) is 1. The van der Waals surface area contributed by atoms with Crippen molar-refractivity contribution in [3.8, 4) is 5.75 Å². The first-order valence-electron chi connectivity index (χ1n) is 7.22. The van der Waals surface area contributed by atoms with E-state index in [-0.39, 0.29) is 18.6 Å². The number of thioether (sulfide) groups is 1. The van der Waals surface area contributed by atoms with Gasteiger partial charge in [0.1, 0.15) is 5.75 Å². The van der Waals surface area contributed by atoms with Crippen molar-refractivity contribution in [2.24, 2.45) is 0 Å². The van der Waals surface area contributed by atoms with Crippen molar-refractivity contribution in [1.82, 2.24) is 5.32 Å². The second kappa shape index (κ2) is 7.47. The molecule has 0 radical (unpaired) electrons. The summed E-state index contributed by atoms with van der Waals surface area (Å²) in [4.78, 5) is 13.4. The van der Waals surface area contributed by atoms with Gasteiger partial charge < -0.3 is 10.1 Å². The summed E-state index contributed by atoms with van der Waals surface area (Å²) >= 11 is 13.7. The summed E-state index contributed by atoms with van der Waals surface area (Å²) in [6, 6.07) is 13.1.